The number of hydrogen-bond acceptors (Lipinski definition) is 4. The van der Waals surface area contributed by atoms with E-state index in [1.807, 2.05) is 6.07 Å². The lowest BCUT2D eigenvalue weighted by molar-refractivity contribution is 0.415. The van der Waals surface area contributed by atoms with Crippen LogP contribution in [0, 0.1) is 5.82 Å². The van der Waals surface area contributed by atoms with Crippen molar-refractivity contribution in [1.82, 2.24) is 8.96 Å². The van der Waals surface area contributed by atoms with Crippen molar-refractivity contribution < 1.29 is 17.5 Å². The van der Waals surface area contributed by atoms with E-state index in [9.17, 15) is 12.8 Å². The number of hydrogen-bond donors (Lipinski definition) is 0. The molecule has 0 aliphatic rings. The second-order valence-corrected chi connectivity index (χ2v) is 8.14. The van der Waals surface area contributed by atoms with Gasteiger partial charge in [-0.2, -0.15) is 0 Å². The Bertz CT molecular complexity index is 1250. The van der Waals surface area contributed by atoms with Crippen LogP contribution >= 0.6 is 0 Å². The maximum Gasteiger partial charge on any atom is 0.244 e. The fourth-order valence-corrected chi connectivity index (χ4v) is 4.63. The largest absolute Gasteiger partial charge is 0.496 e. The third-order valence-corrected chi connectivity index (χ3v) is 6.09. The molecule has 0 aliphatic carbocycles. The maximum atomic E-state index is 13.8. The molecule has 4 rings (SSSR count). The van der Waals surface area contributed by atoms with Crippen molar-refractivity contribution in [2.75, 3.05) is 7.11 Å². The highest BCUT2D eigenvalue weighted by Crippen LogP contribution is 2.35. The van der Waals surface area contributed by atoms with E-state index in [0.717, 1.165) is 0 Å². The van der Waals surface area contributed by atoms with Crippen molar-refractivity contribution >= 4 is 21.1 Å². The van der Waals surface area contributed by atoms with E-state index in [1.165, 1.54) is 35.6 Å². The van der Waals surface area contributed by atoms with Crippen molar-refractivity contribution in [3.8, 4) is 16.9 Å². The zero-order chi connectivity index (χ0) is 19.7. The molecule has 142 valence electrons. The van der Waals surface area contributed by atoms with E-state index in [4.69, 9.17) is 4.74 Å². The van der Waals surface area contributed by atoms with E-state index in [-0.39, 0.29) is 5.75 Å². The highest BCUT2D eigenvalue weighted by molar-refractivity contribution is 7.89. The average molecular weight is 396 g/mol. The SMILES string of the molecule is COc1ccc(F)cc1-c1ccnc2c1ccn2S(=O)(=O)Cc1ccccc1. The predicted octanol–water partition coefficient (Wildman–Crippen LogP) is 4.23. The van der Waals surface area contributed by atoms with Gasteiger partial charge in [-0.1, -0.05) is 30.3 Å². The first kappa shape index (κ1) is 18.2. The topological polar surface area (TPSA) is 61.2 Å². The van der Waals surface area contributed by atoms with Crippen LogP contribution in [0.4, 0.5) is 4.39 Å². The molecule has 0 saturated carbocycles. The molecule has 2 aromatic heterocycles. The van der Waals surface area contributed by atoms with E-state index in [2.05, 4.69) is 4.98 Å². The lowest BCUT2D eigenvalue weighted by atomic mass is 10.0. The summed E-state index contributed by atoms with van der Waals surface area (Å²) in [5, 5.41) is 0.600. The van der Waals surface area contributed by atoms with Gasteiger partial charge in [0.05, 0.1) is 12.9 Å². The number of rotatable bonds is 5. The van der Waals surface area contributed by atoms with Crippen LogP contribution in [-0.2, 0) is 15.8 Å². The molecule has 0 N–H and O–H groups in total. The first-order chi connectivity index (χ1) is 13.5. The minimum Gasteiger partial charge on any atom is -0.496 e. The van der Waals surface area contributed by atoms with Crippen LogP contribution < -0.4 is 4.74 Å². The molecular weight excluding hydrogens is 379 g/mol. The van der Waals surface area contributed by atoms with Crippen LogP contribution in [0.3, 0.4) is 0 Å². The summed E-state index contributed by atoms with van der Waals surface area (Å²) in [4.78, 5) is 4.26. The van der Waals surface area contributed by atoms with E-state index in [1.54, 1.807) is 42.5 Å². The normalized spacial score (nSPS) is 11.6. The molecule has 0 amide bonds. The Hall–Kier alpha value is -3.19. The Kier molecular flexibility index (Phi) is 4.60. The Morgan fingerprint density at radius 1 is 1.04 bits per heavy atom. The van der Waals surface area contributed by atoms with Crippen LogP contribution in [0.5, 0.6) is 5.75 Å². The van der Waals surface area contributed by atoms with Gasteiger partial charge in [0.15, 0.2) is 5.65 Å². The number of benzene rings is 2. The molecule has 0 unspecified atom stereocenters. The Balaban J connectivity index is 1.85. The quantitative estimate of drug-likeness (QED) is 0.507. The Morgan fingerprint density at radius 2 is 1.82 bits per heavy atom. The van der Waals surface area contributed by atoms with Crippen LogP contribution in [0.2, 0.25) is 0 Å². The summed E-state index contributed by atoms with van der Waals surface area (Å²) in [7, 11) is -2.17. The second kappa shape index (κ2) is 7.09. The van der Waals surface area contributed by atoms with Crippen molar-refractivity contribution in [1.29, 1.82) is 0 Å². The lowest BCUT2D eigenvalue weighted by Gasteiger charge is -2.11. The molecule has 0 bridgehead atoms. The van der Waals surface area contributed by atoms with Gasteiger partial charge in [0.2, 0.25) is 10.0 Å². The number of ether oxygens (including phenoxy) is 1. The van der Waals surface area contributed by atoms with Gasteiger partial charge in [-0.05, 0) is 41.5 Å². The number of pyridine rings is 1. The highest BCUT2D eigenvalue weighted by Gasteiger charge is 2.20. The van der Waals surface area contributed by atoms with Crippen LogP contribution in [0.1, 0.15) is 5.56 Å². The van der Waals surface area contributed by atoms with Crippen LogP contribution in [-0.4, -0.2) is 24.5 Å². The monoisotopic (exact) mass is 396 g/mol. The summed E-state index contributed by atoms with van der Waals surface area (Å²) >= 11 is 0. The molecular formula is C21H17FN2O3S. The van der Waals surface area contributed by atoms with Crippen molar-refractivity contribution in [3.05, 3.63) is 84.4 Å². The maximum absolute atomic E-state index is 13.8. The van der Waals surface area contributed by atoms with Gasteiger partial charge in [0, 0.05) is 23.3 Å². The molecule has 5 nitrogen and oxygen atoms in total. The van der Waals surface area contributed by atoms with Gasteiger partial charge in [0.1, 0.15) is 11.6 Å². The van der Waals surface area contributed by atoms with Gasteiger partial charge in [-0.3, -0.25) is 0 Å². The fourth-order valence-electron chi connectivity index (χ4n) is 3.22. The van der Waals surface area contributed by atoms with Gasteiger partial charge in [-0.25, -0.2) is 21.8 Å². The fraction of sp³-hybridized carbons (Fsp3) is 0.0952. The van der Waals surface area contributed by atoms with Crippen molar-refractivity contribution in [3.63, 3.8) is 0 Å². The highest BCUT2D eigenvalue weighted by atomic mass is 32.2. The van der Waals surface area contributed by atoms with Gasteiger partial charge in [0.25, 0.3) is 0 Å². The number of aromatic nitrogens is 2. The predicted molar refractivity (Wildman–Crippen MR) is 106 cm³/mol. The van der Waals surface area contributed by atoms with Gasteiger partial charge in [-0.15, -0.1) is 0 Å². The molecule has 0 aliphatic heterocycles. The molecule has 7 heteroatoms. The number of halogens is 1. The minimum absolute atomic E-state index is 0.146. The van der Waals surface area contributed by atoms with Crippen molar-refractivity contribution in [2.45, 2.75) is 5.75 Å². The minimum atomic E-state index is -3.67. The molecule has 28 heavy (non-hydrogen) atoms. The summed E-state index contributed by atoms with van der Waals surface area (Å²) in [5.41, 5.74) is 2.16. The molecule has 0 radical (unpaired) electrons. The molecule has 0 fully saturated rings. The molecule has 0 atom stereocenters. The Labute approximate surface area is 162 Å². The zero-order valence-electron chi connectivity index (χ0n) is 15.0. The number of nitrogens with zero attached hydrogens (tertiary/aromatic N) is 2. The summed E-state index contributed by atoms with van der Waals surface area (Å²) in [6.45, 7) is 0. The van der Waals surface area contributed by atoms with E-state index in [0.29, 0.717) is 33.5 Å². The van der Waals surface area contributed by atoms with Gasteiger partial charge < -0.3 is 4.74 Å². The lowest BCUT2D eigenvalue weighted by Crippen LogP contribution is -2.14. The summed E-state index contributed by atoms with van der Waals surface area (Å²) in [6.07, 6.45) is 2.99. The molecule has 0 spiro atoms. The second-order valence-electron chi connectivity index (χ2n) is 6.29. The number of methoxy groups -OCH3 is 1. The smallest absolute Gasteiger partial charge is 0.244 e. The standard InChI is InChI=1S/C21H17FN2O3S/c1-27-20-8-7-16(22)13-19(20)17-9-11-23-21-18(17)10-12-24(21)28(25,26)14-15-5-3-2-4-6-15/h2-13H,14H2,1H3. The summed E-state index contributed by atoms with van der Waals surface area (Å²) < 4.78 is 46.2. The van der Waals surface area contributed by atoms with Crippen molar-refractivity contribution in [2.24, 2.45) is 0 Å². The molecule has 2 heterocycles. The first-order valence-electron chi connectivity index (χ1n) is 8.57. The van der Waals surface area contributed by atoms with Crippen LogP contribution in [0.25, 0.3) is 22.2 Å². The molecule has 0 saturated heterocycles. The average Bonchev–Trinajstić information content (AvgIpc) is 3.13. The molecule has 4 aromatic rings. The van der Waals surface area contributed by atoms with Gasteiger partial charge >= 0.3 is 0 Å². The molecule has 2 aromatic carbocycles. The van der Waals surface area contributed by atoms with E-state index >= 15 is 0 Å². The Morgan fingerprint density at radius 3 is 2.57 bits per heavy atom. The first-order valence-corrected chi connectivity index (χ1v) is 10.2. The third kappa shape index (κ3) is 3.25. The zero-order valence-corrected chi connectivity index (χ0v) is 15.9. The van der Waals surface area contributed by atoms with Crippen LogP contribution in [0.15, 0.2) is 73.1 Å². The summed E-state index contributed by atoms with van der Waals surface area (Å²) in [6, 6.07) is 16.6. The van der Waals surface area contributed by atoms with E-state index < -0.39 is 15.8 Å². The third-order valence-electron chi connectivity index (χ3n) is 4.50. The summed E-state index contributed by atoms with van der Waals surface area (Å²) in [5.74, 6) is -0.0574. The number of fused-ring (bicyclic) bond motifs is 1.